The SMILES string of the molecule is O=C(Nc1ccccc1)Nc1ccc(Nc2ccc(F)c(Cl)c2)nc1. The maximum atomic E-state index is 13.1. The molecule has 0 aliphatic carbocycles. The Balaban J connectivity index is 1.60. The van der Waals surface area contributed by atoms with Crippen molar-refractivity contribution >= 4 is 40.5 Å². The highest BCUT2D eigenvalue weighted by Gasteiger charge is 2.04. The van der Waals surface area contributed by atoms with Gasteiger partial charge in [0.2, 0.25) is 0 Å². The van der Waals surface area contributed by atoms with Gasteiger partial charge in [-0.05, 0) is 42.5 Å². The molecule has 0 spiro atoms. The Labute approximate surface area is 148 Å². The zero-order chi connectivity index (χ0) is 17.6. The van der Waals surface area contributed by atoms with Gasteiger partial charge in [0, 0.05) is 11.4 Å². The molecule has 126 valence electrons. The molecule has 0 unspecified atom stereocenters. The van der Waals surface area contributed by atoms with Crippen molar-refractivity contribution < 1.29 is 9.18 Å². The number of nitrogens with one attached hydrogen (secondary N) is 3. The first kappa shape index (κ1) is 16.7. The lowest BCUT2D eigenvalue weighted by atomic mass is 10.3. The molecule has 0 bridgehead atoms. The highest BCUT2D eigenvalue weighted by Crippen LogP contribution is 2.22. The number of urea groups is 1. The van der Waals surface area contributed by atoms with Gasteiger partial charge < -0.3 is 16.0 Å². The zero-order valence-electron chi connectivity index (χ0n) is 13.0. The number of pyridine rings is 1. The second-order valence-corrected chi connectivity index (χ2v) is 5.54. The summed E-state index contributed by atoms with van der Waals surface area (Å²) in [5, 5.41) is 8.43. The molecule has 0 saturated carbocycles. The van der Waals surface area contributed by atoms with E-state index >= 15 is 0 Å². The van der Waals surface area contributed by atoms with E-state index in [1.807, 2.05) is 18.2 Å². The van der Waals surface area contributed by atoms with E-state index in [1.165, 1.54) is 18.3 Å². The van der Waals surface area contributed by atoms with Gasteiger partial charge in [0.15, 0.2) is 0 Å². The van der Waals surface area contributed by atoms with Crippen LogP contribution in [0.4, 0.5) is 32.1 Å². The van der Waals surface area contributed by atoms with Crippen molar-refractivity contribution in [3.8, 4) is 0 Å². The second kappa shape index (κ2) is 7.63. The molecule has 25 heavy (non-hydrogen) atoms. The molecule has 2 amide bonds. The van der Waals surface area contributed by atoms with Gasteiger partial charge in [-0.25, -0.2) is 14.2 Å². The summed E-state index contributed by atoms with van der Waals surface area (Å²) < 4.78 is 13.1. The largest absolute Gasteiger partial charge is 0.340 e. The van der Waals surface area contributed by atoms with Crippen molar-refractivity contribution in [1.82, 2.24) is 4.98 Å². The van der Waals surface area contributed by atoms with Gasteiger partial charge >= 0.3 is 6.03 Å². The minimum absolute atomic E-state index is 0.0286. The van der Waals surface area contributed by atoms with Gasteiger partial charge in [0.1, 0.15) is 11.6 Å². The third kappa shape index (κ3) is 4.68. The quantitative estimate of drug-likeness (QED) is 0.597. The summed E-state index contributed by atoms with van der Waals surface area (Å²) in [4.78, 5) is 16.1. The van der Waals surface area contributed by atoms with Gasteiger partial charge in [-0.3, -0.25) is 0 Å². The molecule has 0 radical (unpaired) electrons. The Morgan fingerprint density at radius 3 is 2.32 bits per heavy atom. The fourth-order valence-electron chi connectivity index (χ4n) is 2.08. The molecule has 0 aliphatic rings. The summed E-state index contributed by atoms with van der Waals surface area (Å²) in [5.41, 5.74) is 1.84. The number of amides is 2. The minimum atomic E-state index is -0.482. The predicted molar refractivity (Wildman–Crippen MR) is 98.0 cm³/mol. The molecule has 0 atom stereocenters. The van der Waals surface area contributed by atoms with E-state index in [9.17, 15) is 9.18 Å². The van der Waals surface area contributed by atoms with Crippen molar-refractivity contribution in [3.63, 3.8) is 0 Å². The minimum Gasteiger partial charge on any atom is -0.340 e. The van der Waals surface area contributed by atoms with E-state index in [4.69, 9.17) is 11.6 Å². The summed E-state index contributed by atoms with van der Waals surface area (Å²) in [7, 11) is 0. The molecule has 0 fully saturated rings. The predicted octanol–water partition coefficient (Wildman–Crippen LogP) is 5.26. The number of anilines is 4. The summed E-state index contributed by atoms with van der Waals surface area (Å²) in [6.45, 7) is 0. The first-order valence-corrected chi connectivity index (χ1v) is 7.79. The molecule has 1 heterocycles. The van der Waals surface area contributed by atoms with Gasteiger partial charge in [0.25, 0.3) is 0 Å². The first-order valence-electron chi connectivity index (χ1n) is 7.41. The fraction of sp³-hybridized carbons (Fsp3) is 0. The average molecular weight is 357 g/mol. The number of carbonyl (C=O) groups is 1. The lowest BCUT2D eigenvalue weighted by molar-refractivity contribution is 0.262. The van der Waals surface area contributed by atoms with Crippen LogP contribution in [0.3, 0.4) is 0 Å². The first-order chi connectivity index (χ1) is 12.1. The van der Waals surface area contributed by atoms with Crippen LogP contribution in [0.5, 0.6) is 0 Å². The fourth-order valence-corrected chi connectivity index (χ4v) is 2.26. The monoisotopic (exact) mass is 356 g/mol. The molecule has 3 aromatic rings. The molecule has 1 aromatic heterocycles. The van der Waals surface area contributed by atoms with E-state index in [2.05, 4.69) is 20.9 Å². The van der Waals surface area contributed by atoms with Crippen LogP contribution in [0, 0.1) is 5.82 Å². The number of hydrogen-bond donors (Lipinski definition) is 3. The van der Waals surface area contributed by atoms with E-state index in [-0.39, 0.29) is 11.1 Å². The Hall–Kier alpha value is -3.12. The van der Waals surface area contributed by atoms with Crippen LogP contribution >= 0.6 is 11.6 Å². The molecule has 0 aliphatic heterocycles. The van der Waals surface area contributed by atoms with Gasteiger partial charge in [-0.2, -0.15) is 0 Å². The number of nitrogens with zero attached hydrogens (tertiary/aromatic N) is 1. The summed E-state index contributed by atoms with van der Waals surface area (Å²) in [5.74, 6) is 0.0563. The highest BCUT2D eigenvalue weighted by atomic mass is 35.5. The Morgan fingerprint density at radius 1 is 0.920 bits per heavy atom. The van der Waals surface area contributed by atoms with Crippen LogP contribution in [0.2, 0.25) is 5.02 Å². The number of hydrogen-bond acceptors (Lipinski definition) is 3. The molecule has 7 heteroatoms. The van der Waals surface area contributed by atoms with Crippen molar-refractivity contribution in [2.45, 2.75) is 0 Å². The molecule has 3 rings (SSSR count). The number of rotatable bonds is 4. The maximum Gasteiger partial charge on any atom is 0.323 e. The Morgan fingerprint density at radius 2 is 1.64 bits per heavy atom. The van der Waals surface area contributed by atoms with Crippen LogP contribution < -0.4 is 16.0 Å². The molecule has 5 nitrogen and oxygen atoms in total. The normalized spacial score (nSPS) is 10.2. The van der Waals surface area contributed by atoms with E-state index < -0.39 is 5.82 Å². The van der Waals surface area contributed by atoms with Crippen molar-refractivity contribution in [1.29, 1.82) is 0 Å². The molecular formula is C18H14ClFN4O. The molecule has 0 saturated heterocycles. The van der Waals surface area contributed by atoms with Crippen molar-refractivity contribution in [2.75, 3.05) is 16.0 Å². The number of aromatic nitrogens is 1. The standard InChI is InChI=1S/C18H14ClFN4O/c19-15-10-13(6-8-16(15)20)22-17-9-7-14(11-21-17)24-18(25)23-12-4-2-1-3-5-12/h1-11H,(H,21,22)(H2,23,24,25). The number of para-hydroxylation sites is 1. The van der Waals surface area contributed by atoms with Crippen molar-refractivity contribution in [2.24, 2.45) is 0 Å². The van der Waals surface area contributed by atoms with Gasteiger partial charge in [0.05, 0.1) is 16.9 Å². The molecule has 3 N–H and O–H groups in total. The highest BCUT2D eigenvalue weighted by molar-refractivity contribution is 6.31. The van der Waals surface area contributed by atoms with E-state index in [1.54, 1.807) is 30.3 Å². The van der Waals surface area contributed by atoms with E-state index in [0.717, 1.165) is 0 Å². The Bertz CT molecular complexity index is 872. The zero-order valence-corrected chi connectivity index (χ0v) is 13.7. The lowest BCUT2D eigenvalue weighted by Crippen LogP contribution is -2.19. The van der Waals surface area contributed by atoms with Crippen molar-refractivity contribution in [3.05, 3.63) is 77.7 Å². The average Bonchev–Trinajstić information content (AvgIpc) is 2.61. The molecule has 2 aromatic carbocycles. The third-order valence-electron chi connectivity index (χ3n) is 3.25. The van der Waals surface area contributed by atoms with Crippen LogP contribution in [0.15, 0.2) is 66.9 Å². The van der Waals surface area contributed by atoms with Crippen LogP contribution in [-0.4, -0.2) is 11.0 Å². The van der Waals surface area contributed by atoms with Crippen LogP contribution in [0.1, 0.15) is 0 Å². The van der Waals surface area contributed by atoms with Gasteiger partial charge in [-0.1, -0.05) is 29.8 Å². The number of benzene rings is 2. The summed E-state index contributed by atoms with van der Waals surface area (Å²) in [6, 6.07) is 16.4. The smallest absolute Gasteiger partial charge is 0.323 e. The second-order valence-electron chi connectivity index (χ2n) is 5.13. The third-order valence-corrected chi connectivity index (χ3v) is 3.53. The number of carbonyl (C=O) groups excluding carboxylic acids is 1. The lowest BCUT2D eigenvalue weighted by Gasteiger charge is -2.09. The van der Waals surface area contributed by atoms with Crippen LogP contribution in [-0.2, 0) is 0 Å². The molecular weight excluding hydrogens is 343 g/mol. The summed E-state index contributed by atoms with van der Waals surface area (Å²) >= 11 is 5.74. The van der Waals surface area contributed by atoms with E-state index in [0.29, 0.717) is 22.9 Å². The topological polar surface area (TPSA) is 66.1 Å². The maximum absolute atomic E-state index is 13.1. The van der Waals surface area contributed by atoms with Crippen LogP contribution in [0.25, 0.3) is 0 Å². The van der Waals surface area contributed by atoms with Gasteiger partial charge in [-0.15, -0.1) is 0 Å². The number of halogens is 2. The summed E-state index contributed by atoms with van der Waals surface area (Å²) in [6.07, 6.45) is 1.51. The Kier molecular flexibility index (Phi) is 5.11.